The van der Waals surface area contributed by atoms with E-state index in [0.717, 1.165) is 32.5 Å². The van der Waals surface area contributed by atoms with Gasteiger partial charge in [0.15, 0.2) is 0 Å². The van der Waals surface area contributed by atoms with Gasteiger partial charge in [0, 0.05) is 13.0 Å². The van der Waals surface area contributed by atoms with Crippen LogP contribution >= 0.6 is 0 Å². The van der Waals surface area contributed by atoms with Crippen LogP contribution in [0.5, 0.6) is 0 Å². The molecule has 0 saturated carbocycles. The van der Waals surface area contributed by atoms with Crippen molar-refractivity contribution in [1.82, 2.24) is 10.6 Å². The van der Waals surface area contributed by atoms with Gasteiger partial charge in [0.25, 0.3) is 0 Å². The zero-order chi connectivity index (χ0) is 9.52. The van der Waals surface area contributed by atoms with E-state index in [1.807, 2.05) is 6.92 Å². The summed E-state index contributed by atoms with van der Waals surface area (Å²) in [5.74, 6) is 0.816. The molecule has 0 aromatic heterocycles. The van der Waals surface area contributed by atoms with Crippen LogP contribution < -0.4 is 10.6 Å². The second-order valence-corrected chi connectivity index (χ2v) is 3.70. The van der Waals surface area contributed by atoms with E-state index in [4.69, 9.17) is 0 Å². The molecule has 13 heavy (non-hydrogen) atoms. The van der Waals surface area contributed by atoms with Crippen molar-refractivity contribution < 1.29 is 4.79 Å². The second kappa shape index (κ2) is 5.97. The number of hydrogen-bond donors (Lipinski definition) is 2. The van der Waals surface area contributed by atoms with E-state index < -0.39 is 0 Å². The lowest BCUT2D eigenvalue weighted by atomic mass is 9.97. The fourth-order valence-electron chi connectivity index (χ4n) is 1.83. The molecule has 0 aromatic rings. The maximum absolute atomic E-state index is 11.3. The van der Waals surface area contributed by atoms with Gasteiger partial charge in [-0.15, -0.1) is 0 Å². The Morgan fingerprint density at radius 1 is 1.46 bits per heavy atom. The first-order valence-electron chi connectivity index (χ1n) is 5.30. The molecular weight excluding hydrogens is 164 g/mol. The van der Waals surface area contributed by atoms with E-state index >= 15 is 0 Å². The normalized spacial score (nSPS) is 23.6. The molecule has 1 aliphatic rings. The minimum Gasteiger partial charge on any atom is -0.356 e. The maximum atomic E-state index is 11.3. The van der Waals surface area contributed by atoms with Gasteiger partial charge in [-0.3, -0.25) is 4.79 Å². The SMILES string of the molecule is CCNC(=O)CC1CCCNCC1. The smallest absolute Gasteiger partial charge is 0.220 e. The molecule has 76 valence electrons. The number of carbonyl (C=O) groups excluding carboxylic acids is 1. The van der Waals surface area contributed by atoms with Crippen molar-refractivity contribution in [1.29, 1.82) is 0 Å². The Morgan fingerprint density at radius 3 is 3.08 bits per heavy atom. The molecule has 1 amide bonds. The first kappa shape index (κ1) is 10.5. The molecular formula is C10H20N2O. The Kier molecular flexibility index (Phi) is 4.83. The molecule has 0 aliphatic carbocycles. The second-order valence-electron chi connectivity index (χ2n) is 3.70. The predicted octanol–water partition coefficient (Wildman–Crippen LogP) is 0.902. The zero-order valence-corrected chi connectivity index (χ0v) is 8.44. The molecule has 0 spiro atoms. The van der Waals surface area contributed by atoms with Crippen molar-refractivity contribution in [2.75, 3.05) is 19.6 Å². The average Bonchev–Trinajstić information content (AvgIpc) is 2.33. The Bertz CT molecular complexity index is 151. The molecule has 2 N–H and O–H groups in total. The summed E-state index contributed by atoms with van der Waals surface area (Å²) in [4.78, 5) is 11.3. The highest BCUT2D eigenvalue weighted by molar-refractivity contribution is 5.76. The third-order valence-electron chi connectivity index (χ3n) is 2.54. The standard InChI is InChI=1S/C10H20N2O/c1-2-12-10(13)8-9-4-3-6-11-7-5-9/h9,11H,2-8H2,1H3,(H,12,13). The molecule has 1 rings (SSSR count). The topological polar surface area (TPSA) is 41.1 Å². The summed E-state index contributed by atoms with van der Waals surface area (Å²) in [7, 11) is 0. The highest BCUT2D eigenvalue weighted by atomic mass is 16.1. The predicted molar refractivity (Wildman–Crippen MR) is 53.5 cm³/mol. The van der Waals surface area contributed by atoms with Crippen LogP contribution in [0.1, 0.15) is 32.6 Å². The number of carbonyl (C=O) groups is 1. The Hall–Kier alpha value is -0.570. The van der Waals surface area contributed by atoms with Crippen LogP contribution in [0.4, 0.5) is 0 Å². The van der Waals surface area contributed by atoms with Crippen molar-refractivity contribution >= 4 is 5.91 Å². The summed E-state index contributed by atoms with van der Waals surface area (Å²) < 4.78 is 0. The summed E-state index contributed by atoms with van der Waals surface area (Å²) in [6.45, 7) is 4.91. The molecule has 0 bridgehead atoms. The molecule has 1 atom stereocenters. The monoisotopic (exact) mass is 184 g/mol. The summed E-state index contributed by atoms with van der Waals surface area (Å²) in [5.41, 5.74) is 0. The summed E-state index contributed by atoms with van der Waals surface area (Å²) in [6, 6.07) is 0. The maximum Gasteiger partial charge on any atom is 0.220 e. The number of rotatable bonds is 3. The quantitative estimate of drug-likeness (QED) is 0.684. The molecule has 3 nitrogen and oxygen atoms in total. The van der Waals surface area contributed by atoms with Crippen LogP contribution in [0, 0.1) is 5.92 Å². The first-order chi connectivity index (χ1) is 6.33. The largest absolute Gasteiger partial charge is 0.356 e. The van der Waals surface area contributed by atoms with Gasteiger partial charge in [0.2, 0.25) is 5.91 Å². The van der Waals surface area contributed by atoms with Crippen LogP contribution in [-0.2, 0) is 4.79 Å². The number of amides is 1. The molecule has 1 heterocycles. The molecule has 3 heteroatoms. The van der Waals surface area contributed by atoms with Crippen molar-refractivity contribution in [3.63, 3.8) is 0 Å². The van der Waals surface area contributed by atoms with E-state index in [2.05, 4.69) is 10.6 Å². The van der Waals surface area contributed by atoms with Crippen LogP contribution in [0.2, 0.25) is 0 Å². The van der Waals surface area contributed by atoms with Crippen molar-refractivity contribution in [2.45, 2.75) is 32.6 Å². The number of nitrogens with one attached hydrogen (secondary N) is 2. The van der Waals surface area contributed by atoms with Crippen LogP contribution in [0.25, 0.3) is 0 Å². The molecule has 1 fully saturated rings. The van der Waals surface area contributed by atoms with E-state index in [0.29, 0.717) is 5.92 Å². The number of hydrogen-bond acceptors (Lipinski definition) is 2. The lowest BCUT2D eigenvalue weighted by molar-refractivity contribution is -0.121. The third kappa shape index (κ3) is 4.27. The van der Waals surface area contributed by atoms with Gasteiger partial charge in [-0.2, -0.15) is 0 Å². The van der Waals surface area contributed by atoms with Gasteiger partial charge in [-0.1, -0.05) is 0 Å². The van der Waals surface area contributed by atoms with Gasteiger partial charge < -0.3 is 10.6 Å². The van der Waals surface area contributed by atoms with Crippen LogP contribution in [0.3, 0.4) is 0 Å². The molecule has 0 radical (unpaired) electrons. The van der Waals surface area contributed by atoms with Crippen LogP contribution in [-0.4, -0.2) is 25.5 Å². The van der Waals surface area contributed by atoms with Crippen LogP contribution in [0.15, 0.2) is 0 Å². The molecule has 1 saturated heterocycles. The highest BCUT2D eigenvalue weighted by Gasteiger charge is 2.14. The Balaban J connectivity index is 2.21. The summed E-state index contributed by atoms with van der Waals surface area (Å²) in [5, 5.41) is 6.20. The van der Waals surface area contributed by atoms with Crippen molar-refractivity contribution in [2.24, 2.45) is 5.92 Å². The molecule has 1 aliphatic heterocycles. The minimum absolute atomic E-state index is 0.217. The van der Waals surface area contributed by atoms with Gasteiger partial charge in [-0.05, 0) is 45.2 Å². The Morgan fingerprint density at radius 2 is 2.31 bits per heavy atom. The zero-order valence-electron chi connectivity index (χ0n) is 8.44. The Labute approximate surface area is 80.3 Å². The minimum atomic E-state index is 0.217. The van der Waals surface area contributed by atoms with E-state index in [9.17, 15) is 4.79 Å². The summed E-state index contributed by atoms with van der Waals surface area (Å²) >= 11 is 0. The van der Waals surface area contributed by atoms with E-state index in [1.54, 1.807) is 0 Å². The van der Waals surface area contributed by atoms with Crippen molar-refractivity contribution in [3.05, 3.63) is 0 Å². The average molecular weight is 184 g/mol. The molecule has 1 unspecified atom stereocenters. The third-order valence-corrected chi connectivity index (χ3v) is 2.54. The fraction of sp³-hybridized carbons (Fsp3) is 0.900. The summed E-state index contributed by atoms with van der Waals surface area (Å²) in [6.07, 6.45) is 4.28. The van der Waals surface area contributed by atoms with E-state index in [-0.39, 0.29) is 5.91 Å². The van der Waals surface area contributed by atoms with Gasteiger partial charge in [-0.25, -0.2) is 0 Å². The lowest BCUT2D eigenvalue weighted by Gasteiger charge is -2.12. The van der Waals surface area contributed by atoms with Gasteiger partial charge in [0.1, 0.15) is 0 Å². The lowest BCUT2D eigenvalue weighted by Crippen LogP contribution is -2.25. The van der Waals surface area contributed by atoms with Gasteiger partial charge >= 0.3 is 0 Å². The highest BCUT2D eigenvalue weighted by Crippen LogP contribution is 2.16. The van der Waals surface area contributed by atoms with Gasteiger partial charge in [0.05, 0.1) is 0 Å². The van der Waals surface area contributed by atoms with Crippen molar-refractivity contribution in [3.8, 4) is 0 Å². The molecule has 0 aromatic carbocycles. The fourth-order valence-corrected chi connectivity index (χ4v) is 1.83. The first-order valence-corrected chi connectivity index (χ1v) is 5.30. The van der Waals surface area contributed by atoms with E-state index in [1.165, 1.54) is 12.8 Å².